The molecule has 1 heterocycles. The normalized spacial score (nSPS) is 13.1. The second kappa shape index (κ2) is 10.4. The topological polar surface area (TPSA) is 13.1 Å². The van der Waals surface area contributed by atoms with Gasteiger partial charge in [0.1, 0.15) is 11.2 Å². The van der Waals surface area contributed by atoms with E-state index in [-0.39, 0.29) is 29.7 Å². The third kappa shape index (κ3) is 4.09. The zero-order valence-electron chi connectivity index (χ0n) is 29.2. The number of benzene rings is 8. The molecule has 0 N–H and O–H groups in total. The Bertz CT molecular complexity index is 2730. The number of furan rings is 1. The molecule has 0 aliphatic rings. The lowest BCUT2D eigenvalue weighted by Gasteiger charge is -2.20. The smallest absolute Gasteiger partial charge is 0.136 e. The van der Waals surface area contributed by atoms with E-state index < -0.39 is 6.04 Å². The predicted octanol–water partition coefficient (Wildman–Crippen LogP) is 12.6. The molecule has 9 aromatic rings. The molecule has 8 aromatic carbocycles. The van der Waals surface area contributed by atoms with Crippen molar-refractivity contribution in [2.24, 2.45) is 0 Å². The molecule has 0 saturated heterocycles. The van der Waals surface area contributed by atoms with Gasteiger partial charge in [0.25, 0.3) is 0 Å². The van der Waals surface area contributed by atoms with Crippen LogP contribution < -0.4 is 0 Å². The van der Waals surface area contributed by atoms with Crippen LogP contribution in [0.4, 0.5) is 0 Å². The molecule has 0 spiro atoms. The van der Waals surface area contributed by atoms with E-state index in [4.69, 9.17) is 11.3 Å². The third-order valence-electron chi connectivity index (χ3n) is 8.77. The van der Waals surface area contributed by atoms with Crippen LogP contribution in [0.15, 0.2) is 174 Å². The van der Waals surface area contributed by atoms with E-state index in [1.807, 2.05) is 30.3 Å². The lowest BCUT2D eigenvalue weighted by atomic mass is 9.83. The standard InChI is InChI=1S/C44H28O/c1-3-14-29(15-4-1)31-26-27-40-39(28-31)44-38(24-13-25-41(44)45-40)43-36-22-11-9-20-34(36)42(35-21-10-12-23-37(35)43)33-19-8-7-18-32(33)30-16-5-2-6-17-30/h1-28H/i1D,3D,4D,14D,15D. The highest BCUT2D eigenvalue weighted by Gasteiger charge is 2.21. The summed E-state index contributed by atoms with van der Waals surface area (Å²) in [5, 5.41) is 6.19. The van der Waals surface area contributed by atoms with Gasteiger partial charge in [0.05, 0.1) is 6.85 Å². The highest BCUT2D eigenvalue weighted by molar-refractivity contribution is 6.26. The van der Waals surface area contributed by atoms with E-state index in [2.05, 4.69) is 103 Å². The van der Waals surface area contributed by atoms with Gasteiger partial charge in [-0.15, -0.1) is 0 Å². The van der Waals surface area contributed by atoms with Gasteiger partial charge >= 0.3 is 0 Å². The third-order valence-corrected chi connectivity index (χ3v) is 8.77. The average molecular weight is 578 g/mol. The fourth-order valence-corrected chi connectivity index (χ4v) is 6.86. The fourth-order valence-electron chi connectivity index (χ4n) is 6.86. The Labute approximate surface area is 268 Å². The predicted molar refractivity (Wildman–Crippen MR) is 190 cm³/mol. The summed E-state index contributed by atoms with van der Waals surface area (Å²) in [6.45, 7) is 0. The SMILES string of the molecule is [2H]c1c([2H])c([2H])c(-c2ccc3oc4cccc(-c5c6ccccc6c(-c6ccccc6-c6ccccc6)c6ccccc56)c4c3c2)c([2H])c1[2H]. The summed E-state index contributed by atoms with van der Waals surface area (Å²) in [5.41, 5.74) is 8.81. The van der Waals surface area contributed by atoms with E-state index in [1.54, 1.807) is 6.07 Å². The maximum atomic E-state index is 8.63. The molecule has 210 valence electrons. The highest BCUT2D eigenvalue weighted by atomic mass is 16.3. The molecule has 0 aliphatic carbocycles. The van der Waals surface area contributed by atoms with Crippen molar-refractivity contribution in [2.75, 3.05) is 0 Å². The van der Waals surface area contributed by atoms with E-state index >= 15 is 0 Å². The molecule has 0 aliphatic heterocycles. The summed E-state index contributed by atoms with van der Waals surface area (Å²) in [5.74, 6) is 0. The van der Waals surface area contributed by atoms with E-state index in [9.17, 15) is 0 Å². The van der Waals surface area contributed by atoms with Crippen molar-refractivity contribution in [3.05, 3.63) is 170 Å². The fraction of sp³-hybridized carbons (Fsp3) is 0. The molecule has 1 nitrogen and oxygen atoms in total. The van der Waals surface area contributed by atoms with Crippen LogP contribution in [0.5, 0.6) is 0 Å². The van der Waals surface area contributed by atoms with Crippen LogP contribution in [0.1, 0.15) is 6.85 Å². The molecule has 1 heteroatoms. The monoisotopic (exact) mass is 577 g/mol. The molecule has 0 atom stereocenters. The number of hydrogen-bond donors (Lipinski definition) is 0. The Morgan fingerprint density at radius 2 is 0.956 bits per heavy atom. The first-order chi connectivity index (χ1) is 24.4. The summed E-state index contributed by atoms with van der Waals surface area (Å²) in [7, 11) is 0. The van der Waals surface area contributed by atoms with Crippen LogP contribution in [0.3, 0.4) is 0 Å². The summed E-state index contributed by atoms with van der Waals surface area (Å²) >= 11 is 0. The quantitative estimate of drug-likeness (QED) is 0.190. The summed E-state index contributed by atoms with van der Waals surface area (Å²) in [4.78, 5) is 0. The lowest BCUT2D eigenvalue weighted by Crippen LogP contribution is -1.93. The van der Waals surface area contributed by atoms with Crippen molar-refractivity contribution >= 4 is 43.5 Å². The Morgan fingerprint density at radius 1 is 0.378 bits per heavy atom. The van der Waals surface area contributed by atoms with Crippen LogP contribution in [0.2, 0.25) is 0 Å². The molecule has 0 unspecified atom stereocenters. The van der Waals surface area contributed by atoms with Crippen LogP contribution >= 0.6 is 0 Å². The summed E-state index contributed by atoms with van der Waals surface area (Å²) < 4.78 is 48.3. The number of rotatable bonds is 4. The number of hydrogen-bond acceptors (Lipinski definition) is 1. The Balaban J connectivity index is 1.37. The van der Waals surface area contributed by atoms with Crippen molar-refractivity contribution in [1.29, 1.82) is 0 Å². The van der Waals surface area contributed by atoms with Gasteiger partial charge in [-0.25, -0.2) is 0 Å². The minimum Gasteiger partial charge on any atom is -0.456 e. The minimum absolute atomic E-state index is 0.169. The van der Waals surface area contributed by atoms with Crippen molar-refractivity contribution in [2.45, 2.75) is 0 Å². The van der Waals surface area contributed by atoms with Crippen molar-refractivity contribution in [3.63, 3.8) is 0 Å². The molecule has 0 saturated carbocycles. The van der Waals surface area contributed by atoms with Gasteiger partial charge in [-0.05, 0) is 84.3 Å². The van der Waals surface area contributed by atoms with Crippen LogP contribution in [0, 0.1) is 0 Å². The van der Waals surface area contributed by atoms with Crippen molar-refractivity contribution in [3.8, 4) is 44.5 Å². The Hall–Kier alpha value is -5.92. The largest absolute Gasteiger partial charge is 0.456 e. The maximum absolute atomic E-state index is 8.63. The highest BCUT2D eigenvalue weighted by Crippen LogP contribution is 2.48. The van der Waals surface area contributed by atoms with Crippen molar-refractivity contribution < 1.29 is 11.3 Å². The first-order valence-corrected chi connectivity index (χ1v) is 15.0. The van der Waals surface area contributed by atoms with Crippen LogP contribution in [0.25, 0.3) is 88.0 Å². The molecular formula is C44H28O. The molecule has 0 fully saturated rings. The first kappa shape index (κ1) is 20.9. The van der Waals surface area contributed by atoms with Crippen LogP contribution in [-0.4, -0.2) is 0 Å². The number of fused-ring (bicyclic) bond motifs is 5. The molecule has 1 aromatic heterocycles. The summed E-state index contributed by atoms with van der Waals surface area (Å²) in [6.07, 6.45) is 0. The van der Waals surface area contributed by atoms with Gasteiger partial charge < -0.3 is 4.42 Å². The van der Waals surface area contributed by atoms with Gasteiger partial charge in [0, 0.05) is 10.8 Å². The van der Waals surface area contributed by atoms with E-state index in [0.29, 0.717) is 16.7 Å². The Kier molecular flexibility index (Phi) is 4.81. The van der Waals surface area contributed by atoms with Crippen LogP contribution in [-0.2, 0) is 0 Å². The maximum Gasteiger partial charge on any atom is 0.136 e. The second-order valence-corrected chi connectivity index (χ2v) is 11.2. The van der Waals surface area contributed by atoms with E-state index in [0.717, 1.165) is 54.6 Å². The van der Waals surface area contributed by atoms with E-state index in [1.165, 1.54) is 11.1 Å². The van der Waals surface area contributed by atoms with Gasteiger partial charge in [0.15, 0.2) is 0 Å². The summed E-state index contributed by atoms with van der Waals surface area (Å²) in [6, 6.07) is 46.2. The molecular weight excluding hydrogens is 544 g/mol. The zero-order chi connectivity index (χ0) is 34.1. The molecule has 0 amide bonds. The Morgan fingerprint density at radius 3 is 1.64 bits per heavy atom. The van der Waals surface area contributed by atoms with Gasteiger partial charge in [-0.2, -0.15) is 0 Å². The van der Waals surface area contributed by atoms with Gasteiger partial charge in [-0.3, -0.25) is 0 Å². The molecule has 0 bridgehead atoms. The average Bonchev–Trinajstić information content (AvgIpc) is 3.54. The van der Waals surface area contributed by atoms with Gasteiger partial charge in [0.2, 0.25) is 0 Å². The molecule has 9 rings (SSSR count). The minimum atomic E-state index is -0.408. The molecule has 0 radical (unpaired) electrons. The second-order valence-electron chi connectivity index (χ2n) is 11.2. The molecule has 45 heavy (non-hydrogen) atoms. The first-order valence-electron chi connectivity index (χ1n) is 17.5. The van der Waals surface area contributed by atoms with Crippen molar-refractivity contribution in [1.82, 2.24) is 0 Å². The lowest BCUT2D eigenvalue weighted by molar-refractivity contribution is 0.669. The van der Waals surface area contributed by atoms with Gasteiger partial charge in [-0.1, -0.05) is 152 Å². The zero-order valence-corrected chi connectivity index (χ0v) is 24.2.